The number of rotatable bonds is 4. The molecule has 0 aliphatic carbocycles. The number of aliphatic hydroxyl groups is 1. The fraction of sp³-hybridized carbons (Fsp3) is 0.308. The summed E-state index contributed by atoms with van der Waals surface area (Å²) in [6, 6.07) is 6.81. The van der Waals surface area contributed by atoms with Gasteiger partial charge in [0.2, 0.25) is 0 Å². The van der Waals surface area contributed by atoms with Crippen LogP contribution in [0.25, 0.3) is 0 Å². The van der Waals surface area contributed by atoms with E-state index in [1.165, 1.54) is 6.07 Å². The Morgan fingerprint density at radius 2 is 2.24 bits per heavy atom. The van der Waals surface area contributed by atoms with E-state index in [1.54, 1.807) is 17.4 Å². The van der Waals surface area contributed by atoms with E-state index < -0.39 is 5.60 Å². The summed E-state index contributed by atoms with van der Waals surface area (Å²) in [7, 11) is 0. The van der Waals surface area contributed by atoms with Gasteiger partial charge in [-0.1, -0.05) is 13.0 Å². The topological polar surface area (TPSA) is 33.1 Å². The lowest BCUT2D eigenvalue weighted by atomic mass is 9.91. The number of thiophene rings is 1. The summed E-state index contributed by atoms with van der Waals surface area (Å²) in [5, 5.41) is 12.6. The highest BCUT2D eigenvalue weighted by atomic mass is 32.1. The maximum absolute atomic E-state index is 12.8. The molecule has 0 spiro atoms. The van der Waals surface area contributed by atoms with Crippen LogP contribution in [0.2, 0.25) is 0 Å². The van der Waals surface area contributed by atoms with Crippen LogP contribution in [-0.2, 0) is 12.0 Å². The molecule has 0 saturated carbocycles. The van der Waals surface area contributed by atoms with Crippen molar-refractivity contribution in [2.24, 2.45) is 0 Å². The van der Waals surface area contributed by atoms with Crippen LogP contribution in [0.5, 0.6) is 0 Å². The Hall–Kier alpha value is -1.26. The standard InChI is InChI=1S/C13H14FNOS/c1-2-13(16,8-11-4-3-7-17-11)12-6-5-10(14)9-15-12/h3-7,9,16H,2,8H2,1H3. The summed E-state index contributed by atoms with van der Waals surface area (Å²) >= 11 is 1.60. The van der Waals surface area contributed by atoms with E-state index in [0.29, 0.717) is 18.5 Å². The third-order valence-electron chi connectivity index (χ3n) is 2.84. The third-order valence-corrected chi connectivity index (χ3v) is 3.71. The molecular formula is C13H14FNOS. The lowest BCUT2D eigenvalue weighted by molar-refractivity contribution is 0.0290. The van der Waals surface area contributed by atoms with Gasteiger partial charge >= 0.3 is 0 Å². The molecule has 0 aromatic carbocycles. The zero-order valence-corrected chi connectivity index (χ0v) is 10.4. The van der Waals surface area contributed by atoms with Gasteiger partial charge in [0.15, 0.2) is 0 Å². The summed E-state index contributed by atoms with van der Waals surface area (Å²) in [4.78, 5) is 5.08. The molecule has 4 heteroatoms. The fourth-order valence-corrected chi connectivity index (χ4v) is 2.56. The van der Waals surface area contributed by atoms with E-state index in [-0.39, 0.29) is 5.82 Å². The van der Waals surface area contributed by atoms with Gasteiger partial charge in [-0.15, -0.1) is 11.3 Å². The molecule has 0 bridgehead atoms. The Morgan fingerprint density at radius 1 is 1.41 bits per heavy atom. The molecule has 0 saturated heterocycles. The van der Waals surface area contributed by atoms with Gasteiger partial charge in [-0.05, 0) is 30.0 Å². The molecule has 2 heterocycles. The second-order valence-electron chi connectivity index (χ2n) is 4.00. The van der Waals surface area contributed by atoms with Gasteiger partial charge in [0, 0.05) is 11.3 Å². The minimum atomic E-state index is -1.02. The zero-order chi connectivity index (χ0) is 12.3. The number of pyridine rings is 1. The first-order chi connectivity index (χ1) is 8.14. The molecule has 2 rings (SSSR count). The summed E-state index contributed by atoms with van der Waals surface area (Å²) in [5.41, 5.74) is -0.492. The SMILES string of the molecule is CCC(O)(Cc1cccs1)c1ccc(F)cn1. The lowest BCUT2D eigenvalue weighted by Crippen LogP contribution is -2.28. The van der Waals surface area contributed by atoms with Crippen LogP contribution in [0.4, 0.5) is 4.39 Å². The lowest BCUT2D eigenvalue weighted by Gasteiger charge is -2.25. The van der Waals surface area contributed by atoms with Crippen molar-refractivity contribution < 1.29 is 9.50 Å². The van der Waals surface area contributed by atoms with Crippen molar-refractivity contribution in [1.29, 1.82) is 0 Å². The van der Waals surface area contributed by atoms with Crippen molar-refractivity contribution in [2.45, 2.75) is 25.4 Å². The molecule has 17 heavy (non-hydrogen) atoms. The van der Waals surface area contributed by atoms with Gasteiger partial charge in [0.1, 0.15) is 11.4 Å². The van der Waals surface area contributed by atoms with Crippen molar-refractivity contribution in [2.75, 3.05) is 0 Å². The van der Waals surface area contributed by atoms with E-state index in [0.717, 1.165) is 11.1 Å². The molecule has 0 aliphatic rings. The number of nitrogens with zero attached hydrogens (tertiary/aromatic N) is 1. The highest BCUT2D eigenvalue weighted by molar-refractivity contribution is 7.09. The van der Waals surface area contributed by atoms with Crippen molar-refractivity contribution in [3.05, 3.63) is 52.2 Å². The normalized spacial score (nSPS) is 14.5. The quantitative estimate of drug-likeness (QED) is 0.905. The summed E-state index contributed by atoms with van der Waals surface area (Å²) in [6.45, 7) is 1.90. The van der Waals surface area contributed by atoms with Crippen molar-refractivity contribution in [3.8, 4) is 0 Å². The van der Waals surface area contributed by atoms with E-state index in [2.05, 4.69) is 4.98 Å². The summed E-state index contributed by atoms with van der Waals surface area (Å²) in [5.74, 6) is -0.386. The Labute approximate surface area is 104 Å². The first kappa shape index (κ1) is 12.2. The number of aromatic nitrogens is 1. The average Bonchev–Trinajstić information content (AvgIpc) is 2.82. The average molecular weight is 251 g/mol. The highest BCUT2D eigenvalue weighted by Crippen LogP contribution is 2.29. The first-order valence-corrected chi connectivity index (χ1v) is 6.39. The van der Waals surface area contributed by atoms with Crippen LogP contribution in [0.15, 0.2) is 35.8 Å². The molecule has 1 N–H and O–H groups in total. The maximum atomic E-state index is 12.8. The van der Waals surface area contributed by atoms with Gasteiger partial charge in [0.05, 0.1) is 11.9 Å². The molecule has 90 valence electrons. The molecule has 2 nitrogen and oxygen atoms in total. The predicted octanol–water partition coefficient (Wildman–Crippen LogP) is 3.12. The maximum Gasteiger partial charge on any atom is 0.141 e. The largest absolute Gasteiger partial charge is 0.383 e. The fourth-order valence-electron chi connectivity index (χ4n) is 1.75. The Bertz CT molecular complexity index is 469. The van der Waals surface area contributed by atoms with Crippen LogP contribution in [0.1, 0.15) is 23.9 Å². The van der Waals surface area contributed by atoms with Gasteiger partial charge in [0.25, 0.3) is 0 Å². The van der Waals surface area contributed by atoms with Crippen LogP contribution < -0.4 is 0 Å². The number of halogens is 1. The van der Waals surface area contributed by atoms with Gasteiger partial charge < -0.3 is 5.11 Å². The van der Waals surface area contributed by atoms with Crippen molar-refractivity contribution in [3.63, 3.8) is 0 Å². The predicted molar refractivity (Wildman–Crippen MR) is 66.4 cm³/mol. The molecule has 1 unspecified atom stereocenters. The van der Waals surface area contributed by atoms with E-state index in [1.807, 2.05) is 24.4 Å². The van der Waals surface area contributed by atoms with Gasteiger partial charge in [-0.2, -0.15) is 0 Å². The van der Waals surface area contributed by atoms with Crippen LogP contribution in [0, 0.1) is 5.82 Å². The second-order valence-corrected chi connectivity index (χ2v) is 5.04. The molecular weight excluding hydrogens is 237 g/mol. The van der Waals surface area contributed by atoms with Crippen LogP contribution in [-0.4, -0.2) is 10.1 Å². The highest BCUT2D eigenvalue weighted by Gasteiger charge is 2.29. The van der Waals surface area contributed by atoms with E-state index >= 15 is 0 Å². The van der Waals surface area contributed by atoms with Crippen LogP contribution in [0.3, 0.4) is 0 Å². The second kappa shape index (κ2) is 4.94. The molecule has 0 radical (unpaired) electrons. The molecule has 2 aromatic heterocycles. The molecule has 0 aliphatic heterocycles. The molecule has 2 aromatic rings. The molecule has 0 amide bonds. The number of hydrogen-bond donors (Lipinski definition) is 1. The number of hydrogen-bond acceptors (Lipinski definition) is 3. The van der Waals surface area contributed by atoms with Crippen LogP contribution >= 0.6 is 11.3 Å². The third kappa shape index (κ3) is 2.70. The first-order valence-electron chi connectivity index (χ1n) is 5.51. The monoisotopic (exact) mass is 251 g/mol. The van der Waals surface area contributed by atoms with Gasteiger partial charge in [-0.3, -0.25) is 4.98 Å². The smallest absolute Gasteiger partial charge is 0.141 e. The minimum Gasteiger partial charge on any atom is -0.383 e. The Morgan fingerprint density at radius 3 is 2.76 bits per heavy atom. The summed E-state index contributed by atoms with van der Waals surface area (Å²) in [6.07, 6.45) is 2.20. The minimum absolute atomic E-state index is 0.386. The Balaban J connectivity index is 2.27. The van der Waals surface area contributed by atoms with Crippen molar-refractivity contribution in [1.82, 2.24) is 4.98 Å². The van der Waals surface area contributed by atoms with Gasteiger partial charge in [-0.25, -0.2) is 4.39 Å². The summed E-state index contributed by atoms with van der Waals surface area (Å²) < 4.78 is 12.8. The van der Waals surface area contributed by atoms with E-state index in [4.69, 9.17) is 0 Å². The van der Waals surface area contributed by atoms with E-state index in [9.17, 15) is 9.50 Å². The Kier molecular flexibility index (Phi) is 3.54. The zero-order valence-electron chi connectivity index (χ0n) is 9.56. The molecule has 0 fully saturated rings. The molecule has 1 atom stereocenters. The van der Waals surface area contributed by atoms with Crippen molar-refractivity contribution >= 4 is 11.3 Å².